The topological polar surface area (TPSA) is 43.1 Å². The van der Waals surface area contributed by atoms with E-state index in [-0.39, 0.29) is 6.04 Å². The van der Waals surface area contributed by atoms with Gasteiger partial charge < -0.3 is 5.73 Å². The van der Waals surface area contributed by atoms with Crippen molar-refractivity contribution in [3.8, 4) is 0 Å². The molecule has 3 atom stereocenters. The molecular formula is C10H21NOS. The molecular weight excluding hydrogens is 182 g/mol. The smallest absolute Gasteiger partial charge is 0.0499 e. The van der Waals surface area contributed by atoms with E-state index >= 15 is 0 Å². The van der Waals surface area contributed by atoms with Crippen LogP contribution in [-0.2, 0) is 10.8 Å². The number of hydrogen-bond donors (Lipinski definition) is 1. The molecule has 2 N–H and O–H groups in total. The Labute approximate surface area is 83.7 Å². The van der Waals surface area contributed by atoms with Crippen LogP contribution >= 0.6 is 0 Å². The fraction of sp³-hybridized carbons (Fsp3) is 1.00. The van der Waals surface area contributed by atoms with Crippen LogP contribution in [0.1, 0.15) is 45.4 Å². The molecule has 3 unspecified atom stereocenters. The average Bonchev–Trinajstić information content (AvgIpc) is 2.52. The van der Waals surface area contributed by atoms with Gasteiger partial charge in [-0.1, -0.05) is 26.2 Å². The third-order valence-corrected chi connectivity index (χ3v) is 4.74. The van der Waals surface area contributed by atoms with Gasteiger partial charge in [-0.3, -0.25) is 4.21 Å². The van der Waals surface area contributed by atoms with Gasteiger partial charge in [0.2, 0.25) is 0 Å². The Morgan fingerprint density at radius 1 is 1.38 bits per heavy atom. The molecule has 0 heterocycles. The van der Waals surface area contributed by atoms with Crippen LogP contribution in [-0.4, -0.2) is 21.3 Å². The zero-order valence-corrected chi connectivity index (χ0v) is 9.31. The highest BCUT2D eigenvalue weighted by molar-refractivity contribution is 7.85. The van der Waals surface area contributed by atoms with Gasteiger partial charge in [0.15, 0.2) is 0 Å². The first-order valence-corrected chi connectivity index (χ1v) is 6.76. The van der Waals surface area contributed by atoms with Crippen molar-refractivity contribution in [3.05, 3.63) is 0 Å². The van der Waals surface area contributed by atoms with Gasteiger partial charge in [0, 0.05) is 27.8 Å². The second kappa shape index (κ2) is 5.76. The van der Waals surface area contributed by atoms with Crippen molar-refractivity contribution in [1.29, 1.82) is 0 Å². The number of rotatable bonds is 5. The summed E-state index contributed by atoms with van der Waals surface area (Å²) in [7, 11) is -0.652. The van der Waals surface area contributed by atoms with Gasteiger partial charge in [-0.25, -0.2) is 0 Å². The van der Waals surface area contributed by atoms with E-state index in [9.17, 15) is 4.21 Å². The van der Waals surface area contributed by atoms with Crippen molar-refractivity contribution in [1.82, 2.24) is 0 Å². The average molecular weight is 203 g/mol. The van der Waals surface area contributed by atoms with E-state index < -0.39 is 10.8 Å². The highest BCUT2D eigenvalue weighted by Crippen LogP contribution is 2.22. The van der Waals surface area contributed by atoms with E-state index in [0.29, 0.717) is 5.25 Å². The highest BCUT2D eigenvalue weighted by atomic mass is 32.2. The summed E-state index contributed by atoms with van der Waals surface area (Å²) in [6.07, 6.45) is 6.84. The molecule has 0 aromatic carbocycles. The maximum absolute atomic E-state index is 11.8. The van der Waals surface area contributed by atoms with Crippen molar-refractivity contribution >= 4 is 10.8 Å². The van der Waals surface area contributed by atoms with Gasteiger partial charge in [0.05, 0.1) is 0 Å². The minimum Gasteiger partial charge on any atom is -0.327 e. The fourth-order valence-corrected chi connectivity index (χ4v) is 3.67. The van der Waals surface area contributed by atoms with E-state index in [1.54, 1.807) is 0 Å². The van der Waals surface area contributed by atoms with Crippen molar-refractivity contribution in [2.45, 2.75) is 56.7 Å². The molecule has 0 aromatic heterocycles. The lowest BCUT2D eigenvalue weighted by Gasteiger charge is -2.14. The van der Waals surface area contributed by atoms with E-state index in [2.05, 4.69) is 6.92 Å². The summed E-state index contributed by atoms with van der Waals surface area (Å²) in [5.74, 6) is 0.867. The molecule has 3 heteroatoms. The first kappa shape index (κ1) is 11.2. The maximum Gasteiger partial charge on any atom is 0.0499 e. The molecule has 0 aromatic rings. The fourth-order valence-electron chi connectivity index (χ4n) is 1.93. The monoisotopic (exact) mass is 203 g/mol. The van der Waals surface area contributed by atoms with E-state index in [1.165, 1.54) is 19.3 Å². The third-order valence-electron chi connectivity index (χ3n) is 2.79. The highest BCUT2D eigenvalue weighted by Gasteiger charge is 2.28. The maximum atomic E-state index is 11.8. The van der Waals surface area contributed by atoms with Crippen LogP contribution in [0.4, 0.5) is 0 Å². The lowest BCUT2D eigenvalue weighted by atomic mass is 10.3. The Balaban J connectivity index is 2.22. The summed E-state index contributed by atoms with van der Waals surface area (Å²) in [6, 6.07) is 0.211. The van der Waals surface area contributed by atoms with Gasteiger partial charge in [-0.05, 0) is 19.3 Å². The molecule has 0 amide bonds. The van der Waals surface area contributed by atoms with Crippen LogP contribution in [0.25, 0.3) is 0 Å². The van der Waals surface area contributed by atoms with E-state index in [1.807, 2.05) is 0 Å². The van der Waals surface area contributed by atoms with Gasteiger partial charge in [-0.2, -0.15) is 0 Å². The van der Waals surface area contributed by atoms with Crippen LogP contribution in [0.15, 0.2) is 0 Å². The van der Waals surface area contributed by atoms with Gasteiger partial charge in [0.1, 0.15) is 0 Å². The summed E-state index contributed by atoms with van der Waals surface area (Å²) in [5.41, 5.74) is 5.89. The predicted octanol–water partition coefficient (Wildman–Crippen LogP) is 1.81. The van der Waals surface area contributed by atoms with Gasteiger partial charge >= 0.3 is 0 Å². The molecule has 0 saturated heterocycles. The first-order chi connectivity index (χ1) is 6.25. The Morgan fingerprint density at radius 3 is 2.69 bits per heavy atom. The van der Waals surface area contributed by atoms with Crippen LogP contribution in [0.2, 0.25) is 0 Å². The second-order valence-corrected chi connectivity index (χ2v) is 5.70. The predicted molar refractivity (Wildman–Crippen MR) is 58.1 cm³/mol. The molecule has 0 bridgehead atoms. The molecule has 1 saturated carbocycles. The number of nitrogens with two attached hydrogens (primary N) is 1. The molecule has 1 aliphatic carbocycles. The zero-order valence-electron chi connectivity index (χ0n) is 8.50. The molecule has 1 rings (SSSR count). The minimum atomic E-state index is -0.652. The normalized spacial score (nSPS) is 30.6. The summed E-state index contributed by atoms with van der Waals surface area (Å²) in [6.45, 7) is 2.17. The van der Waals surface area contributed by atoms with Crippen molar-refractivity contribution in [2.24, 2.45) is 5.73 Å². The molecule has 2 nitrogen and oxygen atoms in total. The van der Waals surface area contributed by atoms with E-state index in [0.717, 1.165) is 25.0 Å². The lowest BCUT2D eigenvalue weighted by Crippen LogP contribution is -2.33. The van der Waals surface area contributed by atoms with Gasteiger partial charge in [0.25, 0.3) is 0 Å². The summed E-state index contributed by atoms with van der Waals surface area (Å²) < 4.78 is 11.8. The first-order valence-electron chi connectivity index (χ1n) is 5.38. The molecule has 0 radical (unpaired) electrons. The van der Waals surface area contributed by atoms with E-state index in [4.69, 9.17) is 5.73 Å². The minimum absolute atomic E-state index is 0.211. The summed E-state index contributed by atoms with van der Waals surface area (Å²) in [5, 5.41) is 0.303. The third kappa shape index (κ3) is 3.39. The summed E-state index contributed by atoms with van der Waals surface area (Å²) >= 11 is 0. The molecule has 78 valence electrons. The molecule has 13 heavy (non-hydrogen) atoms. The molecule has 1 aliphatic rings. The number of unbranched alkanes of at least 4 members (excludes halogenated alkanes) is 2. The Kier molecular flexibility index (Phi) is 4.96. The molecule has 1 fully saturated rings. The quantitative estimate of drug-likeness (QED) is 0.692. The molecule has 0 aliphatic heterocycles. The van der Waals surface area contributed by atoms with Crippen LogP contribution < -0.4 is 5.73 Å². The van der Waals surface area contributed by atoms with Crippen molar-refractivity contribution < 1.29 is 4.21 Å². The van der Waals surface area contributed by atoms with Crippen LogP contribution in [0.3, 0.4) is 0 Å². The SMILES string of the molecule is CCCCCS(=O)C1CCCC1N. The molecule has 0 spiro atoms. The summed E-state index contributed by atoms with van der Waals surface area (Å²) in [4.78, 5) is 0. The van der Waals surface area contributed by atoms with Crippen LogP contribution in [0, 0.1) is 0 Å². The van der Waals surface area contributed by atoms with Crippen LogP contribution in [0.5, 0.6) is 0 Å². The second-order valence-electron chi connectivity index (χ2n) is 3.93. The zero-order chi connectivity index (χ0) is 9.68. The van der Waals surface area contributed by atoms with Gasteiger partial charge in [-0.15, -0.1) is 0 Å². The van der Waals surface area contributed by atoms with Crippen molar-refractivity contribution in [3.63, 3.8) is 0 Å². The standard InChI is InChI=1S/C10H21NOS/c1-2-3-4-8-13(12)10-7-5-6-9(10)11/h9-10H,2-8,11H2,1H3. The largest absolute Gasteiger partial charge is 0.327 e. The Bertz CT molecular complexity index is 172. The van der Waals surface area contributed by atoms with Crippen molar-refractivity contribution in [2.75, 3.05) is 5.75 Å². The Morgan fingerprint density at radius 2 is 2.15 bits per heavy atom. The Hall–Kier alpha value is 0.110. The lowest BCUT2D eigenvalue weighted by molar-refractivity contribution is 0.643. The number of hydrogen-bond acceptors (Lipinski definition) is 2.